The summed E-state index contributed by atoms with van der Waals surface area (Å²) in [6, 6.07) is 7.78. The first-order valence-electron chi connectivity index (χ1n) is 8.53. The molecule has 2 heterocycles. The first-order valence-corrected chi connectivity index (χ1v) is 8.91. The summed E-state index contributed by atoms with van der Waals surface area (Å²) in [7, 11) is 0. The van der Waals surface area contributed by atoms with E-state index >= 15 is 0 Å². The van der Waals surface area contributed by atoms with Gasteiger partial charge in [-0.2, -0.15) is 4.98 Å². The predicted octanol–water partition coefficient (Wildman–Crippen LogP) is 3.23. The van der Waals surface area contributed by atoms with Gasteiger partial charge in [0.05, 0.1) is 13.2 Å². The van der Waals surface area contributed by atoms with E-state index in [0.29, 0.717) is 5.95 Å². The number of aromatic nitrogens is 2. The Hall–Kier alpha value is -1.89. The summed E-state index contributed by atoms with van der Waals surface area (Å²) in [4.78, 5) is 11.4. The zero-order valence-electron chi connectivity index (χ0n) is 14.7. The number of benzene rings is 1. The van der Waals surface area contributed by atoms with E-state index in [-0.39, 0.29) is 0 Å². The number of ether oxygens (including phenoxy) is 1. The number of aryl methyl sites for hydroxylation is 2. The summed E-state index contributed by atoms with van der Waals surface area (Å²) in [5.74, 6) is 1.38. The number of rotatable bonds is 6. The Kier molecular flexibility index (Phi) is 6.07. The molecule has 1 aromatic carbocycles. The zero-order valence-corrected chi connectivity index (χ0v) is 15.4. The van der Waals surface area contributed by atoms with Crippen molar-refractivity contribution in [2.45, 2.75) is 13.8 Å². The molecule has 0 radical (unpaired) electrons. The fourth-order valence-electron chi connectivity index (χ4n) is 2.68. The fourth-order valence-corrected chi connectivity index (χ4v) is 2.86. The third-order valence-corrected chi connectivity index (χ3v) is 4.53. The van der Waals surface area contributed by atoms with Gasteiger partial charge in [0.15, 0.2) is 0 Å². The molecule has 0 bridgehead atoms. The van der Waals surface area contributed by atoms with Gasteiger partial charge in [0.25, 0.3) is 0 Å². The number of morpholine rings is 1. The lowest BCUT2D eigenvalue weighted by molar-refractivity contribution is 0.0398. The number of hydrogen-bond donors (Lipinski definition) is 2. The van der Waals surface area contributed by atoms with E-state index in [1.165, 1.54) is 0 Å². The lowest BCUT2D eigenvalue weighted by atomic mass is 10.2. The molecule has 0 atom stereocenters. The topological polar surface area (TPSA) is 62.3 Å². The molecule has 1 aromatic heterocycles. The summed E-state index contributed by atoms with van der Waals surface area (Å²) in [6.45, 7) is 9.37. The van der Waals surface area contributed by atoms with Crippen molar-refractivity contribution in [2.75, 3.05) is 50.0 Å². The number of halogens is 1. The highest BCUT2D eigenvalue weighted by Gasteiger charge is 2.10. The molecule has 134 valence electrons. The van der Waals surface area contributed by atoms with Gasteiger partial charge in [0.1, 0.15) is 5.82 Å². The van der Waals surface area contributed by atoms with Crippen LogP contribution in [0.15, 0.2) is 24.3 Å². The van der Waals surface area contributed by atoms with Crippen LogP contribution in [-0.4, -0.2) is 54.3 Å². The largest absolute Gasteiger partial charge is 0.379 e. The summed E-state index contributed by atoms with van der Waals surface area (Å²) in [5.41, 5.74) is 2.83. The van der Waals surface area contributed by atoms with Crippen LogP contribution in [0, 0.1) is 13.8 Å². The summed E-state index contributed by atoms with van der Waals surface area (Å²) < 4.78 is 5.37. The SMILES string of the molecule is Cc1cc(NCCN2CCOCC2)nc(Nc2ccc(C)c(Cl)c2)n1. The second kappa shape index (κ2) is 8.47. The molecule has 25 heavy (non-hydrogen) atoms. The first-order chi connectivity index (χ1) is 12.1. The smallest absolute Gasteiger partial charge is 0.229 e. The monoisotopic (exact) mass is 361 g/mol. The van der Waals surface area contributed by atoms with Crippen LogP contribution in [0.4, 0.5) is 17.5 Å². The van der Waals surface area contributed by atoms with Crippen molar-refractivity contribution in [3.05, 3.63) is 40.5 Å². The van der Waals surface area contributed by atoms with Crippen LogP contribution in [0.2, 0.25) is 5.02 Å². The quantitative estimate of drug-likeness (QED) is 0.823. The Morgan fingerprint density at radius 1 is 1.16 bits per heavy atom. The maximum absolute atomic E-state index is 6.18. The number of nitrogens with one attached hydrogen (secondary N) is 2. The van der Waals surface area contributed by atoms with Gasteiger partial charge in [0.2, 0.25) is 5.95 Å². The summed E-state index contributed by atoms with van der Waals surface area (Å²) >= 11 is 6.18. The van der Waals surface area contributed by atoms with Crippen molar-refractivity contribution in [2.24, 2.45) is 0 Å². The first kappa shape index (κ1) is 17.9. The molecule has 0 spiro atoms. The van der Waals surface area contributed by atoms with E-state index in [4.69, 9.17) is 16.3 Å². The zero-order chi connectivity index (χ0) is 17.6. The summed E-state index contributed by atoms with van der Waals surface area (Å²) in [6.07, 6.45) is 0. The number of nitrogens with zero attached hydrogens (tertiary/aromatic N) is 3. The van der Waals surface area contributed by atoms with Gasteiger partial charge in [-0.05, 0) is 31.5 Å². The maximum Gasteiger partial charge on any atom is 0.229 e. The molecular formula is C18H24ClN5O. The van der Waals surface area contributed by atoms with Crippen molar-refractivity contribution in [1.29, 1.82) is 0 Å². The standard InChI is InChI=1S/C18H24ClN5O/c1-13-3-4-15(12-16(13)19)22-18-21-14(2)11-17(23-18)20-5-6-24-7-9-25-10-8-24/h3-4,11-12H,5-10H2,1-2H3,(H2,20,21,22,23). The van der Waals surface area contributed by atoms with Crippen molar-refractivity contribution in [3.8, 4) is 0 Å². The molecule has 7 heteroatoms. The number of anilines is 3. The van der Waals surface area contributed by atoms with Gasteiger partial charge in [-0.3, -0.25) is 4.90 Å². The molecule has 2 aromatic rings. The van der Waals surface area contributed by atoms with Crippen LogP contribution >= 0.6 is 11.6 Å². The van der Waals surface area contributed by atoms with E-state index in [1.54, 1.807) is 0 Å². The Balaban J connectivity index is 1.60. The van der Waals surface area contributed by atoms with Crippen molar-refractivity contribution >= 4 is 29.1 Å². The molecule has 1 saturated heterocycles. The van der Waals surface area contributed by atoms with Crippen LogP contribution in [-0.2, 0) is 4.74 Å². The van der Waals surface area contributed by atoms with Crippen molar-refractivity contribution < 1.29 is 4.74 Å². The molecule has 1 fully saturated rings. The van der Waals surface area contributed by atoms with Gasteiger partial charge in [-0.25, -0.2) is 4.98 Å². The summed E-state index contributed by atoms with van der Waals surface area (Å²) in [5, 5.41) is 7.32. The molecule has 6 nitrogen and oxygen atoms in total. The minimum atomic E-state index is 0.564. The fraction of sp³-hybridized carbons (Fsp3) is 0.444. The molecule has 0 amide bonds. The third-order valence-electron chi connectivity index (χ3n) is 4.12. The van der Waals surface area contributed by atoms with E-state index in [0.717, 1.165) is 67.2 Å². The lowest BCUT2D eigenvalue weighted by Crippen LogP contribution is -2.39. The van der Waals surface area contributed by atoms with E-state index in [9.17, 15) is 0 Å². The van der Waals surface area contributed by atoms with Gasteiger partial charge in [0, 0.05) is 48.6 Å². The Labute approximate surface area is 153 Å². The minimum absolute atomic E-state index is 0.564. The third kappa shape index (κ3) is 5.29. The average molecular weight is 362 g/mol. The van der Waals surface area contributed by atoms with Crippen LogP contribution in [0.5, 0.6) is 0 Å². The molecule has 2 N–H and O–H groups in total. The Morgan fingerprint density at radius 2 is 1.96 bits per heavy atom. The van der Waals surface area contributed by atoms with Gasteiger partial charge in [-0.1, -0.05) is 17.7 Å². The molecule has 1 aliphatic rings. The highest BCUT2D eigenvalue weighted by molar-refractivity contribution is 6.31. The minimum Gasteiger partial charge on any atom is -0.379 e. The van der Waals surface area contributed by atoms with E-state index in [1.807, 2.05) is 38.1 Å². The maximum atomic E-state index is 6.18. The second-order valence-electron chi connectivity index (χ2n) is 6.19. The van der Waals surface area contributed by atoms with E-state index in [2.05, 4.69) is 25.5 Å². The highest BCUT2D eigenvalue weighted by atomic mass is 35.5. The van der Waals surface area contributed by atoms with Crippen molar-refractivity contribution in [1.82, 2.24) is 14.9 Å². The van der Waals surface area contributed by atoms with Crippen LogP contribution in [0.25, 0.3) is 0 Å². The molecular weight excluding hydrogens is 338 g/mol. The average Bonchev–Trinajstić information content (AvgIpc) is 2.59. The Morgan fingerprint density at radius 3 is 2.72 bits per heavy atom. The molecule has 0 unspecified atom stereocenters. The van der Waals surface area contributed by atoms with Crippen LogP contribution in [0.1, 0.15) is 11.3 Å². The molecule has 0 aliphatic carbocycles. The van der Waals surface area contributed by atoms with Crippen molar-refractivity contribution in [3.63, 3.8) is 0 Å². The van der Waals surface area contributed by atoms with Gasteiger partial charge < -0.3 is 15.4 Å². The molecule has 1 aliphatic heterocycles. The molecule has 0 saturated carbocycles. The van der Waals surface area contributed by atoms with Gasteiger partial charge >= 0.3 is 0 Å². The van der Waals surface area contributed by atoms with Crippen LogP contribution in [0.3, 0.4) is 0 Å². The lowest BCUT2D eigenvalue weighted by Gasteiger charge is -2.26. The van der Waals surface area contributed by atoms with Crippen LogP contribution < -0.4 is 10.6 Å². The highest BCUT2D eigenvalue weighted by Crippen LogP contribution is 2.22. The van der Waals surface area contributed by atoms with Gasteiger partial charge in [-0.15, -0.1) is 0 Å². The second-order valence-corrected chi connectivity index (χ2v) is 6.60. The Bertz CT molecular complexity index is 719. The predicted molar refractivity (Wildman–Crippen MR) is 102 cm³/mol. The molecule has 3 rings (SSSR count). The number of hydrogen-bond acceptors (Lipinski definition) is 6. The van der Waals surface area contributed by atoms with E-state index < -0.39 is 0 Å². The normalized spacial score (nSPS) is 15.2.